The Morgan fingerprint density at radius 3 is 2.56 bits per heavy atom. The number of benzene rings is 1. The van der Waals surface area contributed by atoms with Gasteiger partial charge in [0.25, 0.3) is 0 Å². The Hall–Kier alpha value is -3.11. The summed E-state index contributed by atoms with van der Waals surface area (Å²) in [5.74, 6) is -0.0212. The summed E-state index contributed by atoms with van der Waals surface area (Å²) < 4.78 is 46.1. The number of alkyl halides is 3. The van der Waals surface area contributed by atoms with E-state index in [2.05, 4.69) is 20.2 Å². The summed E-state index contributed by atoms with van der Waals surface area (Å²) in [5.41, 5.74) is 0.489. The molecule has 174 valence electrons. The Bertz CT molecular complexity index is 951. The van der Waals surface area contributed by atoms with Crippen molar-refractivity contribution >= 4 is 11.8 Å². The van der Waals surface area contributed by atoms with Crippen molar-refractivity contribution < 1.29 is 32.0 Å². The normalized spacial score (nSPS) is 17.0. The second kappa shape index (κ2) is 9.17. The van der Waals surface area contributed by atoms with Crippen LogP contribution in [0.5, 0.6) is 5.75 Å². The fraction of sp³-hybridized carbons (Fsp3) is 0.524. The van der Waals surface area contributed by atoms with E-state index in [1.807, 2.05) is 20.8 Å². The van der Waals surface area contributed by atoms with Gasteiger partial charge in [0, 0.05) is 19.4 Å². The molecule has 2 aromatic rings. The second-order valence-corrected chi connectivity index (χ2v) is 8.83. The van der Waals surface area contributed by atoms with Crippen molar-refractivity contribution in [2.45, 2.75) is 65.5 Å². The van der Waals surface area contributed by atoms with Crippen LogP contribution >= 0.6 is 0 Å². The van der Waals surface area contributed by atoms with E-state index >= 15 is 0 Å². The Balaban J connectivity index is 1.62. The molecule has 32 heavy (non-hydrogen) atoms. The van der Waals surface area contributed by atoms with Crippen LogP contribution in [0.1, 0.15) is 63.4 Å². The van der Waals surface area contributed by atoms with Crippen LogP contribution < -0.4 is 10.1 Å². The molecule has 8 nitrogen and oxygen atoms in total. The predicted molar refractivity (Wildman–Crippen MR) is 106 cm³/mol. The highest BCUT2D eigenvalue weighted by molar-refractivity contribution is 5.79. The van der Waals surface area contributed by atoms with Crippen molar-refractivity contribution in [3.8, 4) is 5.75 Å². The average molecular weight is 454 g/mol. The Kier molecular flexibility index (Phi) is 6.75. The number of aromatic nitrogens is 2. The third-order valence-electron chi connectivity index (χ3n) is 4.74. The summed E-state index contributed by atoms with van der Waals surface area (Å²) in [6.45, 7) is 6.17. The fourth-order valence-corrected chi connectivity index (χ4v) is 3.38. The van der Waals surface area contributed by atoms with E-state index in [9.17, 15) is 22.8 Å². The van der Waals surface area contributed by atoms with E-state index < -0.39 is 12.4 Å². The van der Waals surface area contributed by atoms with Crippen LogP contribution in [-0.2, 0) is 22.7 Å². The SMILES string of the molecule is CC(C)(C)CC(=O)NCc1noc([C@@H]2CCC(=O)N2Cc2ccc(OC(F)(F)F)cc2)n1. The first-order valence-corrected chi connectivity index (χ1v) is 10.1. The number of carbonyl (C=O) groups excluding carboxylic acids is 2. The van der Waals surface area contributed by atoms with Gasteiger partial charge in [0.2, 0.25) is 17.7 Å². The summed E-state index contributed by atoms with van der Waals surface area (Å²) >= 11 is 0. The van der Waals surface area contributed by atoms with Gasteiger partial charge in [-0.05, 0) is 29.5 Å². The molecule has 1 fully saturated rings. The number of hydrogen-bond donors (Lipinski definition) is 1. The van der Waals surface area contributed by atoms with Crippen molar-refractivity contribution in [3.63, 3.8) is 0 Å². The molecule has 2 amide bonds. The van der Waals surface area contributed by atoms with Crippen molar-refractivity contribution in [2.75, 3.05) is 0 Å². The smallest absolute Gasteiger partial charge is 0.406 e. The van der Waals surface area contributed by atoms with Crippen LogP contribution in [0.25, 0.3) is 0 Å². The topological polar surface area (TPSA) is 97.6 Å². The molecular weight excluding hydrogens is 429 g/mol. The van der Waals surface area contributed by atoms with Crippen LogP contribution in [-0.4, -0.2) is 33.2 Å². The fourth-order valence-electron chi connectivity index (χ4n) is 3.38. The number of hydrogen-bond acceptors (Lipinski definition) is 6. The predicted octanol–water partition coefficient (Wildman–Crippen LogP) is 3.88. The van der Waals surface area contributed by atoms with Gasteiger partial charge in [-0.2, -0.15) is 4.98 Å². The van der Waals surface area contributed by atoms with Gasteiger partial charge in [-0.3, -0.25) is 9.59 Å². The lowest BCUT2D eigenvalue weighted by molar-refractivity contribution is -0.274. The molecule has 2 heterocycles. The number of nitrogens with zero attached hydrogens (tertiary/aromatic N) is 3. The number of halogens is 3. The molecule has 0 saturated carbocycles. The highest BCUT2D eigenvalue weighted by Crippen LogP contribution is 2.33. The second-order valence-electron chi connectivity index (χ2n) is 8.83. The van der Waals surface area contributed by atoms with Crippen LogP contribution in [0.4, 0.5) is 13.2 Å². The standard InChI is InChI=1S/C21H25F3N4O4/c1-20(2,3)10-17(29)25-11-16-26-19(32-27-16)15-8-9-18(30)28(15)12-13-4-6-14(7-5-13)31-21(22,23)24/h4-7,15H,8-12H2,1-3H3,(H,25,29)/t15-/m0/s1. The third-order valence-corrected chi connectivity index (χ3v) is 4.74. The molecule has 1 aromatic carbocycles. The number of ether oxygens (including phenoxy) is 1. The largest absolute Gasteiger partial charge is 0.573 e. The van der Waals surface area contributed by atoms with Gasteiger partial charge in [-0.15, -0.1) is 13.2 Å². The number of rotatable bonds is 7. The molecule has 3 rings (SSSR count). The van der Waals surface area contributed by atoms with E-state index in [0.717, 1.165) is 0 Å². The maximum absolute atomic E-state index is 12.4. The molecule has 0 spiro atoms. The van der Waals surface area contributed by atoms with Crippen LogP contribution in [0, 0.1) is 5.41 Å². The summed E-state index contributed by atoms with van der Waals surface area (Å²) in [5, 5.41) is 6.62. The van der Waals surface area contributed by atoms with E-state index in [1.165, 1.54) is 24.3 Å². The van der Waals surface area contributed by atoms with E-state index in [0.29, 0.717) is 30.7 Å². The highest BCUT2D eigenvalue weighted by atomic mass is 19.4. The summed E-state index contributed by atoms with van der Waals surface area (Å²) in [4.78, 5) is 30.2. The zero-order chi connectivity index (χ0) is 23.5. The van der Waals surface area contributed by atoms with E-state index in [4.69, 9.17) is 4.52 Å². The van der Waals surface area contributed by atoms with Gasteiger partial charge in [-0.25, -0.2) is 0 Å². The molecule has 0 aliphatic carbocycles. The zero-order valence-electron chi connectivity index (χ0n) is 18.0. The number of nitrogens with one attached hydrogen (secondary N) is 1. The van der Waals surface area contributed by atoms with Crippen LogP contribution in [0.15, 0.2) is 28.8 Å². The Labute approximate surface area is 183 Å². The van der Waals surface area contributed by atoms with Gasteiger partial charge in [0.15, 0.2) is 5.82 Å². The minimum atomic E-state index is -4.76. The van der Waals surface area contributed by atoms with Crippen molar-refractivity contribution in [3.05, 3.63) is 41.5 Å². The van der Waals surface area contributed by atoms with Gasteiger partial charge in [0.05, 0.1) is 6.54 Å². The van der Waals surface area contributed by atoms with Crippen molar-refractivity contribution in [1.82, 2.24) is 20.4 Å². The van der Waals surface area contributed by atoms with Gasteiger partial charge < -0.3 is 19.5 Å². The third kappa shape index (κ3) is 6.69. The van der Waals surface area contributed by atoms with Gasteiger partial charge in [0.1, 0.15) is 11.8 Å². The Morgan fingerprint density at radius 1 is 1.25 bits per heavy atom. The van der Waals surface area contributed by atoms with E-state index in [1.54, 1.807) is 4.90 Å². The maximum Gasteiger partial charge on any atom is 0.573 e. The quantitative estimate of drug-likeness (QED) is 0.682. The molecule has 1 aliphatic heterocycles. The van der Waals surface area contributed by atoms with Gasteiger partial charge >= 0.3 is 6.36 Å². The minimum Gasteiger partial charge on any atom is -0.406 e. The zero-order valence-corrected chi connectivity index (χ0v) is 18.0. The van der Waals surface area contributed by atoms with E-state index in [-0.39, 0.29) is 42.0 Å². The maximum atomic E-state index is 12.4. The first kappa shape index (κ1) is 23.6. The monoisotopic (exact) mass is 454 g/mol. The molecular formula is C21H25F3N4O4. The minimum absolute atomic E-state index is 0.111. The summed E-state index contributed by atoms with van der Waals surface area (Å²) in [7, 11) is 0. The lowest BCUT2D eigenvalue weighted by Gasteiger charge is -2.22. The van der Waals surface area contributed by atoms with Crippen LogP contribution in [0.3, 0.4) is 0 Å². The summed E-state index contributed by atoms with van der Waals surface area (Å²) in [6.07, 6.45) is -3.64. The molecule has 0 radical (unpaired) electrons. The summed E-state index contributed by atoms with van der Waals surface area (Å²) in [6, 6.07) is 4.88. The number of amides is 2. The molecule has 0 unspecified atom stereocenters. The highest BCUT2D eigenvalue weighted by Gasteiger charge is 2.36. The first-order valence-electron chi connectivity index (χ1n) is 10.1. The number of carbonyl (C=O) groups is 2. The molecule has 1 aliphatic rings. The van der Waals surface area contributed by atoms with Crippen LogP contribution in [0.2, 0.25) is 0 Å². The Morgan fingerprint density at radius 2 is 1.94 bits per heavy atom. The average Bonchev–Trinajstić information content (AvgIpc) is 3.26. The molecule has 1 aromatic heterocycles. The first-order chi connectivity index (χ1) is 14.9. The molecule has 1 atom stereocenters. The molecule has 1 N–H and O–H groups in total. The lowest BCUT2D eigenvalue weighted by Crippen LogP contribution is -2.28. The van der Waals surface area contributed by atoms with Crippen molar-refractivity contribution in [2.24, 2.45) is 5.41 Å². The molecule has 11 heteroatoms. The molecule has 1 saturated heterocycles. The lowest BCUT2D eigenvalue weighted by atomic mass is 9.92. The number of likely N-dealkylation sites (tertiary alicyclic amines) is 1. The van der Waals surface area contributed by atoms with Gasteiger partial charge in [-0.1, -0.05) is 38.1 Å². The van der Waals surface area contributed by atoms with Crippen molar-refractivity contribution in [1.29, 1.82) is 0 Å². The molecule has 0 bridgehead atoms.